The van der Waals surface area contributed by atoms with Gasteiger partial charge in [0.1, 0.15) is 6.04 Å². The zero-order valence-electron chi connectivity index (χ0n) is 17.2. The quantitative estimate of drug-likeness (QED) is 0.364. The first-order valence-corrected chi connectivity index (χ1v) is 10.2. The topological polar surface area (TPSA) is 122 Å². The average Bonchev–Trinajstić information content (AvgIpc) is 2.82. The summed E-state index contributed by atoms with van der Waals surface area (Å²) in [6.45, 7) is 0.652. The van der Waals surface area contributed by atoms with Crippen molar-refractivity contribution in [3.63, 3.8) is 0 Å². The maximum absolute atomic E-state index is 13.1. The van der Waals surface area contributed by atoms with Crippen LogP contribution in [0.25, 0.3) is 10.9 Å². The van der Waals surface area contributed by atoms with Crippen molar-refractivity contribution in [2.24, 2.45) is 0 Å². The number of aromatic amines is 1. The van der Waals surface area contributed by atoms with E-state index in [1.54, 1.807) is 42.7 Å². The predicted octanol–water partition coefficient (Wildman–Crippen LogP) is 1.49. The Bertz CT molecular complexity index is 1320. The van der Waals surface area contributed by atoms with Crippen molar-refractivity contribution in [1.29, 1.82) is 0 Å². The van der Waals surface area contributed by atoms with Crippen molar-refractivity contribution in [3.05, 3.63) is 99.5 Å². The van der Waals surface area contributed by atoms with Gasteiger partial charge < -0.3 is 15.6 Å². The lowest BCUT2D eigenvalue weighted by Gasteiger charge is -2.19. The standard InChI is InChI=1S/C23H22N6O3/c30-20(24-13-14-27-22-25-11-6-12-26-22)19(15-16-7-2-1-3-8-16)29-21(31)17-9-4-5-10-18(17)28-23(29)32/h1-12,19H,13-15H2,(H,24,30)(H,28,32)(H,25,26,27)/t19-/m1/s1. The van der Waals surface area contributed by atoms with E-state index >= 15 is 0 Å². The molecule has 4 rings (SSSR count). The molecule has 3 N–H and O–H groups in total. The van der Waals surface area contributed by atoms with E-state index in [9.17, 15) is 14.4 Å². The summed E-state index contributed by atoms with van der Waals surface area (Å²) in [6.07, 6.45) is 3.42. The summed E-state index contributed by atoms with van der Waals surface area (Å²) in [5.41, 5.74) is 0.143. The van der Waals surface area contributed by atoms with Crippen LogP contribution < -0.4 is 21.9 Å². The molecule has 0 aliphatic rings. The molecule has 0 saturated heterocycles. The Hall–Kier alpha value is -4.27. The SMILES string of the molecule is O=C(NCCNc1ncccn1)[C@@H](Cc1ccccc1)n1c(=O)[nH]c2ccccc2c1=O. The third-order valence-electron chi connectivity index (χ3n) is 5.00. The van der Waals surface area contributed by atoms with Gasteiger partial charge in [-0.25, -0.2) is 19.3 Å². The molecule has 9 nitrogen and oxygen atoms in total. The number of hydrogen-bond donors (Lipinski definition) is 3. The molecule has 1 atom stereocenters. The number of aromatic nitrogens is 4. The van der Waals surface area contributed by atoms with E-state index in [1.807, 2.05) is 30.3 Å². The normalized spacial score (nSPS) is 11.8. The van der Waals surface area contributed by atoms with E-state index in [1.165, 1.54) is 0 Å². The second-order valence-corrected chi connectivity index (χ2v) is 7.15. The van der Waals surface area contributed by atoms with Crippen LogP contribution in [0.1, 0.15) is 11.6 Å². The van der Waals surface area contributed by atoms with Gasteiger partial charge in [0, 0.05) is 31.9 Å². The number of benzene rings is 2. The van der Waals surface area contributed by atoms with Crippen molar-refractivity contribution < 1.29 is 4.79 Å². The maximum atomic E-state index is 13.1. The molecule has 162 valence electrons. The van der Waals surface area contributed by atoms with Crippen molar-refractivity contribution in [2.75, 3.05) is 18.4 Å². The molecule has 0 radical (unpaired) electrons. The van der Waals surface area contributed by atoms with Crippen molar-refractivity contribution >= 4 is 22.8 Å². The zero-order valence-corrected chi connectivity index (χ0v) is 17.2. The molecule has 2 aromatic heterocycles. The summed E-state index contributed by atoms with van der Waals surface area (Å²) in [6, 6.07) is 16.7. The first-order valence-electron chi connectivity index (χ1n) is 10.2. The van der Waals surface area contributed by atoms with Gasteiger partial charge in [0.2, 0.25) is 11.9 Å². The van der Waals surface area contributed by atoms with Crippen molar-refractivity contribution in [3.8, 4) is 0 Å². The fourth-order valence-corrected chi connectivity index (χ4v) is 3.47. The average molecular weight is 430 g/mol. The Morgan fingerprint density at radius 2 is 1.66 bits per heavy atom. The number of rotatable bonds is 8. The Balaban J connectivity index is 1.59. The van der Waals surface area contributed by atoms with Crippen LogP contribution in [-0.4, -0.2) is 38.5 Å². The van der Waals surface area contributed by atoms with Crippen LogP contribution in [0.4, 0.5) is 5.95 Å². The van der Waals surface area contributed by atoms with Gasteiger partial charge in [0.15, 0.2) is 0 Å². The van der Waals surface area contributed by atoms with Gasteiger partial charge in [0.25, 0.3) is 5.56 Å². The van der Waals surface area contributed by atoms with Gasteiger partial charge in [-0.05, 0) is 23.8 Å². The van der Waals surface area contributed by atoms with E-state index in [0.29, 0.717) is 23.4 Å². The molecule has 9 heteroatoms. The lowest BCUT2D eigenvalue weighted by Crippen LogP contribution is -2.46. The smallest absolute Gasteiger partial charge is 0.329 e. The molecule has 1 amide bonds. The minimum atomic E-state index is -1.01. The number of H-pyrrole nitrogens is 1. The maximum Gasteiger partial charge on any atom is 0.329 e. The van der Waals surface area contributed by atoms with E-state index in [0.717, 1.165) is 10.1 Å². The zero-order chi connectivity index (χ0) is 22.3. The minimum Gasteiger partial charge on any atom is -0.353 e. The number of fused-ring (bicyclic) bond motifs is 1. The Labute approximate surface area is 183 Å². The first-order chi connectivity index (χ1) is 15.6. The number of amides is 1. The van der Waals surface area contributed by atoms with Gasteiger partial charge >= 0.3 is 5.69 Å². The van der Waals surface area contributed by atoms with Crippen LogP contribution in [0.15, 0.2) is 82.6 Å². The lowest BCUT2D eigenvalue weighted by molar-refractivity contribution is -0.124. The first kappa shape index (κ1) is 21.0. The Morgan fingerprint density at radius 3 is 2.44 bits per heavy atom. The molecule has 0 bridgehead atoms. The minimum absolute atomic E-state index is 0.198. The van der Waals surface area contributed by atoms with Crippen LogP contribution >= 0.6 is 0 Å². The number of nitrogens with zero attached hydrogens (tertiary/aromatic N) is 3. The third kappa shape index (κ3) is 4.72. The highest BCUT2D eigenvalue weighted by Gasteiger charge is 2.25. The highest BCUT2D eigenvalue weighted by molar-refractivity contribution is 5.82. The molecule has 2 heterocycles. The molecule has 0 aliphatic carbocycles. The molecule has 0 unspecified atom stereocenters. The Morgan fingerprint density at radius 1 is 0.938 bits per heavy atom. The number of nitrogens with one attached hydrogen (secondary N) is 3. The number of carbonyl (C=O) groups is 1. The van der Waals surface area contributed by atoms with Crippen LogP contribution in [-0.2, 0) is 11.2 Å². The molecule has 32 heavy (non-hydrogen) atoms. The van der Waals surface area contributed by atoms with E-state index < -0.39 is 23.2 Å². The van der Waals surface area contributed by atoms with Gasteiger partial charge in [-0.2, -0.15) is 0 Å². The van der Waals surface area contributed by atoms with Gasteiger partial charge in [-0.15, -0.1) is 0 Å². The van der Waals surface area contributed by atoms with Gasteiger partial charge in [-0.3, -0.25) is 9.59 Å². The summed E-state index contributed by atoms with van der Waals surface area (Å²) in [5.74, 6) is 0.0253. The highest BCUT2D eigenvalue weighted by atomic mass is 16.2. The summed E-state index contributed by atoms with van der Waals surface area (Å²) in [4.78, 5) is 49.9. The van der Waals surface area contributed by atoms with E-state index in [2.05, 4.69) is 25.6 Å². The number of hydrogen-bond acceptors (Lipinski definition) is 6. The monoisotopic (exact) mass is 430 g/mol. The van der Waals surface area contributed by atoms with Crippen molar-refractivity contribution in [1.82, 2.24) is 24.8 Å². The van der Waals surface area contributed by atoms with Crippen molar-refractivity contribution in [2.45, 2.75) is 12.5 Å². The van der Waals surface area contributed by atoms with E-state index in [4.69, 9.17) is 0 Å². The molecule has 2 aromatic carbocycles. The number of anilines is 1. The van der Waals surface area contributed by atoms with E-state index in [-0.39, 0.29) is 13.0 Å². The summed E-state index contributed by atoms with van der Waals surface area (Å²) in [5, 5.41) is 6.15. The molecular formula is C23H22N6O3. The summed E-state index contributed by atoms with van der Waals surface area (Å²) < 4.78 is 0.998. The molecule has 0 saturated carbocycles. The second kappa shape index (κ2) is 9.69. The van der Waals surface area contributed by atoms with Crippen LogP contribution in [0.5, 0.6) is 0 Å². The Kier molecular flexibility index (Phi) is 6.35. The number of para-hydroxylation sites is 1. The van der Waals surface area contributed by atoms with Crippen LogP contribution in [0.3, 0.4) is 0 Å². The van der Waals surface area contributed by atoms with Gasteiger partial charge in [0.05, 0.1) is 10.9 Å². The largest absolute Gasteiger partial charge is 0.353 e. The second-order valence-electron chi connectivity index (χ2n) is 7.15. The molecule has 0 spiro atoms. The molecule has 4 aromatic rings. The fraction of sp³-hybridized carbons (Fsp3) is 0.174. The summed E-state index contributed by atoms with van der Waals surface area (Å²) in [7, 11) is 0. The number of carbonyl (C=O) groups excluding carboxylic acids is 1. The molecular weight excluding hydrogens is 408 g/mol. The van der Waals surface area contributed by atoms with Gasteiger partial charge in [-0.1, -0.05) is 42.5 Å². The predicted molar refractivity (Wildman–Crippen MR) is 122 cm³/mol. The third-order valence-corrected chi connectivity index (χ3v) is 5.00. The highest BCUT2D eigenvalue weighted by Crippen LogP contribution is 2.13. The van der Waals surface area contributed by atoms with Crippen LogP contribution in [0, 0.1) is 0 Å². The fourth-order valence-electron chi connectivity index (χ4n) is 3.47. The molecule has 0 fully saturated rings. The van der Waals surface area contributed by atoms with Crippen LogP contribution in [0.2, 0.25) is 0 Å². The summed E-state index contributed by atoms with van der Waals surface area (Å²) >= 11 is 0. The lowest BCUT2D eigenvalue weighted by atomic mass is 10.0. The molecule has 0 aliphatic heterocycles.